The van der Waals surface area contributed by atoms with Crippen molar-refractivity contribution in [2.75, 3.05) is 39.8 Å². The zero-order valence-electron chi connectivity index (χ0n) is 19.7. The highest BCUT2D eigenvalue weighted by Crippen LogP contribution is 2.34. The van der Waals surface area contributed by atoms with Crippen molar-refractivity contribution in [3.05, 3.63) is 24.2 Å². The number of likely N-dealkylation sites (N-methyl/N-ethyl adjacent to an activating group) is 1. The Kier molecular flexibility index (Phi) is 10.3. The summed E-state index contributed by atoms with van der Waals surface area (Å²) in [7, 11) is 2.10. The molecule has 4 rings (SSSR count). The quantitative estimate of drug-likeness (QED) is 0.548. The van der Waals surface area contributed by atoms with E-state index in [0.29, 0.717) is 6.04 Å². The molecule has 4 heterocycles. The summed E-state index contributed by atoms with van der Waals surface area (Å²) in [5.74, 6) is -4.34. The van der Waals surface area contributed by atoms with E-state index < -0.39 is 24.3 Å². The van der Waals surface area contributed by atoms with E-state index in [1.54, 1.807) is 6.26 Å². The third kappa shape index (κ3) is 9.19. The van der Waals surface area contributed by atoms with Crippen LogP contribution in [0.2, 0.25) is 0 Å². The number of halogens is 6. The number of alkyl halides is 6. The first-order valence-corrected chi connectivity index (χ1v) is 11.1. The molecule has 10 nitrogen and oxygen atoms in total. The van der Waals surface area contributed by atoms with Gasteiger partial charge >= 0.3 is 24.3 Å². The first-order valence-electron chi connectivity index (χ1n) is 11.1. The van der Waals surface area contributed by atoms with Gasteiger partial charge in [0.25, 0.3) is 5.91 Å². The molecule has 3 aliphatic heterocycles. The van der Waals surface area contributed by atoms with E-state index in [4.69, 9.17) is 29.0 Å². The Hall–Kier alpha value is -2.85. The summed E-state index contributed by atoms with van der Waals surface area (Å²) in [5, 5.41) is 14.2. The molecule has 3 atom stereocenters. The van der Waals surface area contributed by atoms with E-state index in [1.165, 1.54) is 0 Å². The summed E-state index contributed by atoms with van der Waals surface area (Å²) < 4.78 is 75.0. The molecule has 0 aliphatic carbocycles. The molecule has 1 aromatic heterocycles. The second kappa shape index (κ2) is 12.6. The van der Waals surface area contributed by atoms with Crippen molar-refractivity contribution >= 4 is 17.8 Å². The maximum absolute atomic E-state index is 12.7. The van der Waals surface area contributed by atoms with E-state index >= 15 is 0 Å². The van der Waals surface area contributed by atoms with Gasteiger partial charge < -0.3 is 29.2 Å². The van der Waals surface area contributed by atoms with Gasteiger partial charge in [0.15, 0.2) is 0 Å². The fourth-order valence-electron chi connectivity index (χ4n) is 4.02. The van der Waals surface area contributed by atoms with Crippen LogP contribution in [0.3, 0.4) is 0 Å². The number of likely N-dealkylation sites (tertiary alicyclic amines) is 1. The van der Waals surface area contributed by atoms with E-state index in [9.17, 15) is 31.1 Å². The minimum absolute atomic E-state index is 0.186. The normalized spacial score (nSPS) is 24.4. The Morgan fingerprint density at radius 1 is 0.973 bits per heavy atom. The number of fused-ring (bicyclic) bond motifs is 1. The number of piperazine rings is 1. The standard InChI is InChI=1S/C17H25N3O3.2C2HF3O2/c1-18-6-8-19(9-7-18)17(21)16-11-14-15(23-16)4-5-20(14)12-13-3-2-10-22-13;2*3-2(4,5)1(6)7/h2-3,10,14-16H,4-9,11-12H2,1H3;2*(H,6,7)/t14-,15-,16+;;/m0../s1. The van der Waals surface area contributed by atoms with Gasteiger partial charge in [-0.25, -0.2) is 9.59 Å². The second-order valence-electron chi connectivity index (χ2n) is 8.54. The van der Waals surface area contributed by atoms with Crippen LogP contribution < -0.4 is 0 Å². The van der Waals surface area contributed by atoms with Crippen molar-refractivity contribution in [1.29, 1.82) is 0 Å². The van der Waals surface area contributed by atoms with E-state index in [-0.39, 0.29) is 18.1 Å². The van der Waals surface area contributed by atoms with E-state index in [2.05, 4.69) is 16.8 Å². The number of carboxylic acids is 2. The fourth-order valence-corrected chi connectivity index (χ4v) is 4.02. The molecule has 2 N–H and O–H groups in total. The molecule has 1 aromatic rings. The minimum Gasteiger partial charge on any atom is -0.475 e. The van der Waals surface area contributed by atoms with Crippen LogP contribution in [-0.2, 0) is 25.7 Å². The van der Waals surface area contributed by atoms with Crippen molar-refractivity contribution in [1.82, 2.24) is 14.7 Å². The number of hydrogen-bond acceptors (Lipinski definition) is 7. The Bertz CT molecular complexity index is 877. The monoisotopic (exact) mass is 547 g/mol. The molecule has 210 valence electrons. The van der Waals surface area contributed by atoms with Crippen LogP contribution in [0.25, 0.3) is 0 Å². The van der Waals surface area contributed by atoms with E-state index in [1.807, 2.05) is 17.0 Å². The number of hydrogen-bond donors (Lipinski definition) is 2. The van der Waals surface area contributed by atoms with Crippen molar-refractivity contribution in [3.63, 3.8) is 0 Å². The summed E-state index contributed by atoms with van der Waals surface area (Å²) in [6.45, 7) is 5.38. The van der Waals surface area contributed by atoms with Gasteiger partial charge in [-0.05, 0) is 25.6 Å². The number of rotatable bonds is 3. The predicted molar refractivity (Wildman–Crippen MR) is 112 cm³/mol. The van der Waals surface area contributed by atoms with Gasteiger partial charge in [-0.2, -0.15) is 26.3 Å². The van der Waals surface area contributed by atoms with Crippen molar-refractivity contribution in [3.8, 4) is 0 Å². The summed E-state index contributed by atoms with van der Waals surface area (Å²) in [5.41, 5.74) is 0. The highest BCUT2D eigenvalue weighted by atomic mass is 19.4. The average Bonchev–Trinajstić information content (AvgIpc) is 3.53. The molecule has 3 fully saturated rings. The largest absolute Gasteiger partial charge is 0.490 e. The SMILES string of the molecule is CN1CCN(C(=O)[C@H]2C[C@H]3[C@H](CCN3Cc3ccco3)O2)CC1.O=C(O)C(F)(F)F.O=C(O)C(F)(F)F. The number of ether oxygens (including phenoxy) is 1. The molecule has 0 aromatic carbocycles. The molecule has 16 heteroatoms. The smallest absolute Gasteiger partial charge is 0.475 e. The number of carboxylic acid groups (broad SMARTS) is 2. The topological polar surface area (TPSA) is 124 Å². The number of amides is 1. The first kappa shape index (κ1) is 30.4. The van der Waals surface area contributed by atoms with Crippen LogP contribution >= 0.6 is 0 Å². The predicted octanol–water partition coefficient (Wildman–Crippen LogP) is 2.05. The summed E-state index contributed by atoms with van der Waals surface area (Å²) >= 11 is 0. The lowest BCUT2D eigenvalue weighted by atomic mass is 10.1. The molecule has 0 spiro atoms. The molecular weight excluding hydrogens is 520 g/mol. The Labute approximate surface area is 207 Å². The number of aliphatic carboxylic acids is 2. The van der Waals surface area contributed by atoms with Crippen LogP contribution in [0.1, 0.15) is 18.6 Å². The number of furan rings is 1. The zero-order chi connectivity index (χ0) is 28.0. The summed E-state index contributed by atoms with van der Waals surface area (Å²) in [6, 6.07) is 4.28. The van der Waals surface area contributed by atoms with Gasteiger partial charge in [0, 0.05) is 45.2 Å². The zero-order valence-corrected chi connectivity index (χ0v) is 19.7. The number of nitrogens with zero attached hydrogens (tertiary/aromatic N) is 3. The van der Waals surface area contributed by atoms with Crippen molar-refractivity contribution in [2.24, 2.45) is 0 Å². The number of carbonyl (C=O) groups is 3. The van der Waals surface area contributed by atoms with Crippen molar-refractivity contribution in [2.45, 2.75) is 50.0 Å². The van der Waals surface area contributed by atoms with Crippen LogP contribution in [0.4, 0.5) is 26.3 Å². The molecule has 3 aliphatic rings. The Balaban J connectivity index is 0.000000286. The highest BCUT2D eigenvalue weighted by Gasteiger charge is 2.46. The molecule has 37 heavy (non-hydrogen) atoms. The highest BCUT2D eigenvalue weighted by molar-refractivity contribution is 5.81. The molecule has 0 radical (unpaired) electrons. The van der Waals surface area contributed by atoms with Crippen LogP contribution in [-0.4, -0.2) is 113 Å². The van der Waals surface area contributed by atoms with Gasteiger partial charge in [-0.15, -0.1) is 0 Å². The lowest BCUT2D eigenvalue weighted by Gasteiger charge is -2.34. The van der Waals surface area contributed by atoms with Gasteiger partial charge in [-0.3, -0.25) is 9.69 Å². The van der Waals surface area contributed by atoms with Crippen LogP contribution in [0, 0.1) is 0 Å². The lowest BCUT2D eigenvalue weighted by Crippen LogP contribution is -2.50. The van der Waals surface area contributed by atoms with Crippen molar-refractivity contribution < 1.29 is 60.1 Å². The summed E-state index contributed by atoms with van der Waals surface area (Å²) in [6.07, 6.45) is -6.68. The van der Waals surface area contributed by atoms with Crippen LogP contribution in [0.5, 0.6) is 0 Å². The third-order valence-corrected chi connectivity index (χ3v) is 5.91. The first-order chi connectivity index (χ1) is 17.1. The Morgan fingerprint density at radius 3 is 1.97 bits per heavy atom. The number of carbonyl (C=O) groups excluding carboxylic acids is 1. The average molecular weight is 547 g/mol. The lowest BCUT2D eigenvalue weighted by molar-refractivity contribution is -0.193. The third-order valence-electron chi connectivity index (χ3n) is 5.91. The molecule has 0 saturated carbocycles. The van der Waals surface area contributed by atoms with Gasteiger partial charge in [-0.1, -0.05) is 0 Å². The maximum atomic E-state index is 12.7. The second-order valence-corrected chi connectivity index (χ2v) is 8.54. The van der Waals surface area contributed by atoms with E-state index in [0.717, 1.165) is 57.9 Å². The minimum atomic E-state index is -5.08. The maximum Gasteiger partial charge on any atom is 0.490 e. The molecule has 0 bridgehead atoms. The van der Waals surface area contributed by atoms with Gasteiger partial charge in [0.05, 0.1) is 18.9 Å². The Morgan fingerprint density at radius 2 is 1.51 bits per heavy atom. The van der Waals surface area contributed by atoms with Gasteiger partial charge in [0.1, 0.15) is 11.9 Å². The fraction of sp³-hybridized carbons (Fsp3) is 0.667. The molecular formula is C21H27F6N3O7. The molecule has 3 saturated heterocycles. The molecule has 0 unspecified atom stereocenters. The summed E-state index contributed by atoms with van der Waals surface area (Å²) in [4.78, 5) is 37.1. The van der Waals surface area contributed by atoms with Gasteiger partial charge in [0.2, 0.25) is 0 Å². The molecule has 1 amide bonds. The van der Waals surface area contributed by atoms with Crippen LogP contribution in [0.15, 0.2) is 22.8 Å².